The number of carbonyl (C=O) groups is 1. The van der Waals surface area contributed by atoms with Gasteiger partial charge in [-0.1, -0.05) is 29.8 Å². The molecular formula is C20H26N2OS. The second kappa shape index (κ2) is 6.69. The van der Waals surface area contributed by atoms with Gasteiger partial charge >= 0.3 is 0 Å². The Labute approximate surface area is 148 Å². The zero-order chi connectivity index (χ0) is 17.3. The van der Waals surface area contributed by atoms with Crippen LogP contribution in [0.2, 0.25) is 0 Å². The average molecular weight is 343 g/mol. The predicted molar refractivity (Wildman–Crippen MR) is 101 cm³/mol. The zero-order valence-corrected chi connectivity index (χ0v) is 15.7. The summed E-state index contributed by atoms with van der Waals surface area (Å²) in [4.78, 5) is 16.3. The fraction of sp³-hybridized carbons (Fsp3) is 0.450. The third-order valence-corrected chi connectivity index (χ3v) is 5.45. The predicted octanol–water partition coefficient (Wildman–Crippen LogP) is 3.92. The number of nitrogens with one attached hydrogen (secondary N) is 1. The SMILES string of the molecule is Cc1ccc([C@@H]2c3ccsc3CCN2C(=O)CNC(C)(C)C)cc1. The molecule has 0 spiro atoms. The molecule has 1 N–H and O–H groups in total. The summed E-state index contributed by atoms with van der Waals surface area (Å²) in [5, 5.41) is 5.48. The van der Waals surface area contributed by atoms with E-state index in [1.54, 1.807) is 11.3 Å². The molecule has 0 unspecified atom stereocenters. The molecule has 1 aromatic carbocycles. The van der Waals surface area contributed by atoms with Gasteiger partial charge in [0.05, 0.1) is 12.6 Å². The van der Waals surface area contributed by atoms with Crippen molar-refractivity contribution in [3.8, 4) is 0 Å². The number of amides is 1. The Balaban J connectivity index is 1.90. The van der Waals surface area contributed by atoms with Crippen LogP contribution in [0.4, 0.5) is 0 Å². The number of benzene rings is 1. The molecular weight excluding hydrogens is 316 g/mol. The first-order valence-electron chi connectivity index (χ1n) is 8.52. The molecule has 0 aliphatic carbocycles. The maximum Gasteiger partial charge on any atom is 0.237 e. The van der Waals surface area contributed by atoms with Crippen LogP contribution in [0.5, 0.6) is 0 Å². The van der Waals surface area contributed by atoms with Crippen molar-refractivity contribution in [2.75, 3.05) is 13.1 Å². The van der Waals surface area contributed by atoms with Crippen molar-refractivity contribution in [1.82, 2.24) is 10.2 Å². The number of rotatable bonds is 3. The maximum atomic E-state index is 12.9. The Kier molecular flexibility index (Phi) is 4.79. The van der Waals surface area contributed by atoms with E-state index in [-0.39, 0.29) is 17.5 Å². The highest BCUT2D eigenvalue weighted by atomic mass is 32.1. The Hall–Kier alpha value is -1.65. The van der Waals surface area contributed by atoms with E-state index >= 15 is 0 Å². The molecule has 1 amide bonds. The van der Waals surface area contributed by atoms with E-state index in [0.717, 1.165) is 13.0 Å². The molecule has 2 aromatic rings. The lowest BCUT2D eigenvalue weighted by Crippen LogP contribution is -2.48. The van der Waals surface area contributed by atoms with Gasteiger partial charge in [-0.05, 0) is 56.7 Å². The molecule has 0 bridgehead atoms. The summed E-state index contributed by atoms with van der Waals surface area (Å²) in [6, 6.07) is 10.8. The zero-order valence-electron chi connectivity index (χ0n) is 14.9. The van der Waals surface area contributed by atoms with Gasteiger partial charge in [-0.25, -0.2) is 0 Å². The molecule has 3 nitrogen and oxygen atoms in total. The third kappa shape index (κ3) is 3.70. The van der Waals surface area contributed by atoms with Crippen LogP contribution in [0, 0.1) is 6.92 Å². The van der Waals surface area contributed by atoms with Gasteiger partial charge in [0, 0.05) is 17.0 Å². The molecule has 1 atom stereocenters. The van der Waals surface area contributed by atoms with E-state index in [4.69, 9.17) is 0 Å². The lowest BCUT2D eigenvalue weighted by Gasteiger charge is -2.37. The van der Waals surface area contributed by atoms with Gasteiger partial charge in [-0.15, -0.1) is 11.3 Å². The lowest BCUT2D eigenvalue weighted by atomic mass is 9.92. The van der Waals surface area contributed by atoms with Gasteiger partial charge < -0.3 is 10.2 Å². The summed E-state index contributed by atoms with van der Waals surface area (Å²) < 4.78 is 0. The molecule has 128 valence electrons. The van der Waals surface area contributed by atoms with Crippen molar-refractivity contribution in [2.24, 2.45) is 0 Å². The van der Waals surface area contributed by atoms with Crippen LogP contribution in [0.25, 0.3) is 0 Å². The van der Waals surface area contributed by atoms with Crippen LogP contribution in [-0.2, 0) is 11.2 Å². The summed E-state index contributed by atoms with van der Waals surface area (Å²) in [7, 11) is 0. The number of fused-ring (bicyclic) bond motifs is 1. The normalized spacial score (nSPS) is 17.7. The van der Waals surface area contributed by atoms with Crippen molar-refractivity contribution < 1.29 is 4.79 Å². The molecule has 0 fully saturated rings. The van der Waals surface area contributed by atoms with Crippen LogP contribution < -0.4 is 5.32 Å². The molecule has 1 aliphatic heterocycles. The summed E-state index contributed by atoms with van der Waals surface area (Å²) in [6.07, 6.45) is 0.955. The van der Waals surface area contributed by atoms with Crippen LogP contribution in [0.3, 0.4) is 0 Å². The van der Waals surface area contributed by atoms with Gasteiger partial charge in [0.2, 0.25) is 5.91 Å². The summed E-state index contributed by atoms with van der Waals surface area (Å²) in [5.74, 6) is 0.173. The van der Waals surface area contributed by atoms with Crippen molar-refractivity contribution in [1.29, 1.82) is 0 Å². The number of carbonyl (C=O) groups excluding carboxylic acids is 1. The van der Waals surface area contributed by atoms with E-state index in [1.165, 1.54) is 21.6 Å². The van der Waals surface area contributed by atoms with Crippen molar-refractivity contribution in [2.45, 2.75) is 45.7 Å². The number of thiophene rings is 1. The van der Waals surface area contributed by atoms with E-state index in [1.807, 2.05) is 4.90 Å². The fourth-order valence-corrected chi connectivity index (χ4v) is 4.04. The first-order valence-corrected chi connectivity index (χ1v) is 9.40. The number of nitrogens with zero attached hydrogens (tertiary/aromatic N) is 1. The minimum absolute atomic E-state index is 0.0369. The number of aryl methyl sites for hydroxylation is 1. The molecule has 1 aromatic heterocycles. The standard InChI is InChI=1S/C20H26N2OS/c1-14-5-7-15(8-6-14)19-16-10-12-24-17(16)9-11-22(19)18(23)13-21-20(2,3)4/h5-8,10,12,19,21H,9,11,13H2,1-4H3/t19-/m1/s1. The molecule has 4 heteroatoms. The second-order valence-corrected chi connectivity index (χ2v) is 8.55. The second-order valence-electron chi connectivity index (χ2n) is 7.55. The molecule has 0 saturated heterocycles. The van der Waals surface area contributed by atoms with Gasteiger partial charge in [-0.3, -0.25) is 4.79 Å². The molecule has 1 aliphatic rings. The van der Waals surface area contributed by atoms with Gasteiger partial charge in [0.25, 0.3) is 0 Å². The third-order valence-electron chi connectivity index (χ3n) is 4.45. The molecule has 2 heterocycles. The van der Waals surface area contributed by atoms with E-state index < -0.39 is 0 Å². The molecule has 3 rings (SSSR count). The highest BCUT2D eigenvalue weighted by Gasteiger charge is 2.32. The van der Waals surface area contributed by atoms with Crippen LogP contribution >= 0.6 is 11.3 Å². The Bertz CT molecular complexity index is 712. The van der Waals surface area contributed by atoms with Crippen molar-refractivity contribution in [3.63, 3.8) is 0 Å². The van der Waals surface area contributed by atoms with Crippen LogP contribution in [-0.4, -0.2) is 29.4 Å². The minimum atomic E-state index is -0.0572. The lowest BCUT2D eigenvalue weighted by molar-refractivity contribution is -0.132. The number of hydrogen-bond acceptors (Lipinski definition) is 3. The smallest absolute Gasteiger partial charge is 0.237 e. The molecule has 0 saturated carbocycles. The summed E-state index contributed by atoms with van der Waals surface area (Å²) in [6.45, 7) is 9.53. The highest BCUT2D eigenvalue weighted by Crippen LogP contribution is 2.37. The van der Waals surface area contributed by atoms with Crippen molar-refractivity contribution in [3.05, 3.63) is 57.3 Å². The first-order chi connectivity index (χ1) is 11.3. The first kappa shape index (κ1) is 17.2. The number of hydrogen-bond donors (Lipinski definition) is 1. The molecule has 0 radical (unpaired) electrons. The topological polar surface area (TPSA) is 32.3 Å². The van der Waals surface area contributed by atoms with Gasteiger partial charge in [-0.2, -0.15) is 0 Å². The average Bonchev–Trinajstić information content (AvgIpc) is 3.00. The fourth-order valence-electron chi connectivity index (χ4n) is 3.14. The Morgan fingerprint density at radius 1 is 1.25 bits per heavy atom. The van der Waals surface area contributed by atoms with Gasteiger partial charge in [0.1, 0.15) is 0 Å². The Morgan fingerprint density at radius 2 is 1.96 bits per heavy atom. The van der Waals surface area contributed by atoms with Crippen molar-refractivity contribution >= 4 is 17.2 Å². The van der Waals surface area contributed by atoms with E-state index in [9.17, 15) is 4.79 Å². The Morgan fingerprint density at radius 3 is 2.62 bits per heavy atom. The van der Waals surface area contributed by atoms with E-state index in [0.29, 0.717) is 6.54 Å². The van der Waals surface area contributed by atoms with Crippen LogP contribution in [0.1, 0.15) is 48.4 Å². The summed E-state index contributed by atoms with van der Waals surface area (Å²) >= 11 is 1.80. The maximum absolute atomic E-state index is 12.9. The van der Waals surface area contributed by atoms with Gasteiger partial charge in [0.15, 0.2) is 0 Å². The quantitative estimate of drug-likeness (QED) is 0.917. The summed E-state index contributed by atoms with van der Waals surface area (Å²) in [5.41, 5.74) is 3.67. The van der Waals surface area contributed by atoms with E-state index in [2.05, 4.69) is 68.7 Å². The monoisotopic (exact) mass is 342 g/mol. The minimum Gasteiger partial charge on any atom is -0.330 e. The van der Waals surface area contributed by atoms with Crippen LogP contribution in [0.15, 0.2) is 35.7 Å². The molecule has 24 heavy (non-hydrogen) atoms. The highest BCUT2D eigenvalue weighted by molar-refractivity contribution is 7.10. The largest absolute Gasteiger partial charge is 0.330 e.